The van der Waals surface area contributed by atoms with Gasteiger partial charge in [0, 0.05) is 47.7 Å². The first-order valence-electron chi connectivity index (χ1n) is 9.22. The number of nitrogens with zero attached hydrogens (tertiary/aromatic N) is 4. The van der Waals surface area contributed by atoms with Crippen molar-refractivity contribution < 1.29 is 4.79 Å². The zero-order chi connectivity index (χ0) is 20.1. The zero-order valence-corrected chi connectivity index (χ0v) is 16.8. The molecule has 0 fully saturated rings. The molecule has 0 aliphatic heterocycles. The summed E-state index contributed by atoms with van der Waals surface area (Å²) >= 11 is 1.65. The Hall–Kier alpha value is -3.51. The van der Waals surface area contributed by atoms with Gasteiger partial charge in [0.05, 0.1) is 12.2 Å². The molecule has 0 aliphatic rings. The molecule has 0 atom stereocenters. The van der Waals surface area contributed by atoms with Crippen LogP contribution in [0.3, 0.4) is 0 Å². The molecule has 0 N–H and O–H groups in total. The number of pyridine rings is 1. The fourth-order valence-corrected chi connectivity index (χ4v) is 3.71. The number of likely N-dealkylation sites (N-methyl/N-ethyl adjacent to an activating group) is 1. The summed E-state index contributed by atoms with van der Waals surface area (Å²) in [4.78, 5) is 19.6. The van der Waals surface area contributed by atoms with Gasteiger partial charge in [-0.3, -0.25) is 9.78 Å². The van der Waals surface area contributed by atoms with Crippen molar-refractivity contribution in [1.29, 1.82) is 0 Å². The molecule has 6 heteroatoms. The number of amides is 1. The molecule has 0 saturated carbocycles. The number of rotatable bonds is 6. The molecule has 1 amide bonds. The number of carbonyl (C=O) groups excluding carboxylic acids is 1. The van der Waals surface area contributed by atoms with E-state index in [2.05, 4.69) is 4.98 Å². The van der Waals surface area contributed by atoms with Crippen molar-refractivity contribution in [2.75, 3.05) is 7.05 Å². The van der Waals surface area contributed by atoms with Gasteiger partial charge >= 0.3 is 0 Å². The molecule has 0 unspecified atom stereocenters. The van der Waals surface area contributed by atoms with Crippen LogP contribution in [0.5, 0.6) is 0 Å². The highest BCUT2D eigenvalue weighted by Crippen LogP contribution is 2.24. The van der Waals surface area contributed by atoms with E-state index in [0.29, 0.717) is 6.54 Å². The van der Waals surface area contributed by atoms with Crippen LogP contribution in [0.1, 0.15) is 10.4 Å². The number of hydrogen-bond donors (Lipinski definition) is 0. The van der Waals surface area contributed by atoms with Gasteiger partial charge in [-0.05, 0) is 41.8 Å². The Kier molecular flexibility index (Phi) is 5.63. The molecule has 3 aromatic heterocycles. The Balaban J connectivity index is 1.62. The molecule has 4 rings (SSSR count). The Bertz CT molecular complexity index is 1100. The lowest BCUT2D eigenvalue weighted by atomic mass is 10.1. The van der Waals surface area contributed by atoms with E-state index >= 15 is 0 Å². The molecule has 4 aromatic rings. The van der Waals surface area contributed by atoms with E-state index in [-0.39, 0.29) is 5.91 Å². The summed E-state index contributed by atoms with van der Waals surface area (Å²) < 4.78 is 1.82. The smallest absolute Gasteiger partial charge is 0.246 e. The fourth-order valence-electron chi connectivity index (χ4n) is 2.95. The third-order valence-corrected chi connectivity index (χ3v) is 5.31. The van der Waals surface area contributed by atoms with Gasteiger partial charge in [0.1, 0.15) is 5.69 Å². The SMILES string of the molecule is CN(Cc1cccs1)C(=O)/C=C/c1cn(-c2ccccc2)nc1-c1cccnc1. The van der Waals surface area contributed by atoms with Crippen LogP contribution in [0.2, 0.25) is 0 Å². The highest BCUT2D eigenvalue weighted by Gasteiger charge is 2.12. The van der Waals surface area contributed by atoms with Crippen molar-refractivity contribution in [1.82, 2.24) is 19.7 Å². The predicted molar refractivity (Wildman–Crippen MR) is 117 cm³/mol. The second kappa shape index (κ2) is 8.67. The lowest BCUT2D eigenvalue weighted by molar-refractivity contribution is -0.125. The zero-order valence-electron chi connectivity index (χ0n) is 16.0. The highest BCUT2D eigenvalue weighted by molar-refractivity contribution is 7.09. The van der Waals surface area contributed by atoms with E-state index in [1.165, 1.54) is 0 Å². The minimum atomic E-state index is -0.0528. The third kappa shape index (κ3) is 4.50. The summed E-state index contributed by atoms with van der Waals surface area (Å²) in [6.07, 6.45) is 8.86. The molecule has 0 aliphatic carbocycles. The van der Waals surface area contributed by atoms with Gasteiger partial charge in [-0.1, -0.05) is 24.3 Å². The number of para-hydroxylation sites is 1. The largest absolute Gasteiger partial charge is 0.337 e. The normalized spacial score (nSPS) is 11.1. The summed E-state index contributed by atoms with van der Waals surface area (Å²) in [6, 6.07) is 17.8. The van der Waals surface area contributed by atoms with Crippen molar-refractivity contribution in [3.8, 4) is 16.9 Å². The molecule has 0 spiro atoms. The van der Waals surface area contributed by atoms with Gasteiger partial charge in [-0.15, -0.1) is 11.3 Å². The van der Waals surface area contributed by atoms with Gasteiger partial charge in [-0.2, -0.15) is 5.10 Å². The van der Waals surface area contributed by atoms with Crippen LogP contribution in [-0.2, 0) is 11.3 Å². The van der Waals surface area contributed by atoms with E-state index in [1.807, 2.05) is 84.0 Å². The lowest BCUT2D eigenvalue weighted by Gasteiger charge is -2.13. The van der Waals surface area contributed by atoms with Crippen LogP contribution in [0.4, 0.5) is 0 Å². The highest BCUT2D eigenvalue weighted by atomic mass is 32.1. The van der Waals surface area contributed by atoms with Crippen LogP contribution in [0.15, 0.2) is 84.6 Å². The monoisotopic (exact) mass is 400 g/mol. The maximum Gasteiger partial charge on any atom is 0.246 e. The number of carbonyl (C=O) groups is 1. The average Bonchev–Trinajstić information content (AvgIpc) is 3.43. The van der Waals surface area contributed by atoms with Crippen LogP contribution in [-0.4, -0.2) is 32.6 Å². The molecule has 3 heterocycles. The number of hydrogen-bond acceptors (Lipinski definition) is 4. The topological polar surface area (TPSA) is 51.0 Å². The van der Waals surface area contributed by atoms with Crippen LogP contribution >= 0.6 is 11.3 Å². The summed E-state index contributed by atoms with van der Waals surface area (Å²) in [6.45, 7) is 0.597. The molecule has 0 radical (unpaired) electrons. The summed E-state index contributed by atoms with van der Waals surface area (Å²) in [5.41, 5.74) is 3.51. The van der Waals surface area contributed by atoms with Gasteiger partial charge in [0.25, 0.3) is 0 Å². The van der Waals surface area contributed by atoms with Crippen molar-refractivity contribution in [3.05, 3.63) is 95.1 Å². The fraction of sp³-hybridized carbons (Fsp3) is 0.0870. The minimum absolute atomic E-state index is 0.0528. The Morgan fingerprint density at radius 2 is 2.00 bits per heavy atom. The molecule has 0 saturated heterocycles. The Labute approximate surface area is 173 Å². The van der Waals surface area contributed by atoms with Crippen molar-refractivity contribution >= 4 is 23.3 Å². The maximum absolute atomic E-state index is 12.6. The minimum Gasteiger partial charge on any atom is -0.337 e. The van der Waals surface area contributed by atoms with Crippen LogP contribution in [0, 0.1) is 0 Å². The summed E-state index contributed by atoms with van der Waals surface area (Å²) in [7, 11) is 1.81. The molecule has 29 heavy (non-hydrogen) atoms. The standard InChI is InChI=1S/C23H20N4OS/c1-26(17-21-10-6-14-29-21)22(28)12-11-19-16-27(20-8-3-2-4-9-20)25-23(19)18-7-5-13-24-15-18/h2-16H,17H2,1H3/b12-11+. The van der Waals surface area contributed by atoms with Crippen LogP contribution in [0.25, 0.3) is 23.0 Å². The number of thiophene rings is 1. The van der Waals surface area contributed by atoms with Crippen molar-refractivity contribution in [3.63, 3.8) is 0 Å². The first-order chi connectivity index (χ1) is 14.2. The summed E-state index contributed by atoms with van der Waals surface area (Å²) in [5, 5.41) is 6.75. The molecular formula is C23H20N4OS. The maximum atomic E-state index is 12.6. The van der Waals surface area contributed by atoms with Crippen molar-refractivity contribution in [2.24, 2.45) is 0 Å². The first kappa shape index (κ1) is 18.8. The van der Waals surface area contributed by atoms with E-state index < -0.39 is 0 Å². The molecule has 144 valence electrons. The molecular weight excluding hydrogens is 380 g/mol. The van der Waals surface area contributed by atoms with E-state index in [4.69, 9.17) is 5.10 Å². The summed E-state index contributed by atoms with van der Waals surface area (Å²) in [5.74, 6) is -0.0528. The molecule has 1 aromatic carbocycles. The average molecular weight is 401 g/mol. The van der Waals surface area contributed by atoms with Gasteiger partial charge in [0.15, 0.2) is 0 Å². The van der Waals surface area contributed by atoms with E-state index in [1.54, 1.807) is 34.7 Å². The lowest BCUT2D eigenvalue weighted by Crippen LogP contribution is -2.23. The Morgan fingerprint density at radius 1 is 1.14 bits per heavy atom. The van der Waals surface area contributed by atoms with Crippen LogP contribution < -0.4 is 0 Å². The van der Waals surface area contributed by atoms with Crippen molar-refractivity contribution in [2.45, 2.75) is 6.54 Å². The second-order valence-electron chi connectivity index (χ2n) is 6.56. The van der Waals surface area contributed by atoms with Gasteiger partial charge in [0.2, 0.25) is 5.91 Å². The van der Waals surface area contributed by atoms with Gasteiger partial charge in [-0.25, -0.2) is 4.68 Å². The third-order valence-electron chi connectivity index (χ3n) is 4.45. The Morgan fingerprint density at radius 3 is 2.72 bits per heavy atom. The molecule has 0 bridgehead atoms. The quantitative estimate of drug-likeness (QED) is 0.442. The van der Waals surface area contributed by atoms with Gasteiger partial charge < -0.3 is 4.90 Å². The predicted octanol–water partition coefficient (Wildman–Crippen LogP) is 4.67. The number of benzene rings is 1. The second-order valence-corrected chi connectivity index (χ2v) is 7.59. The van der Waals surface area contributed by atoms with E-state index in [9.17, 15) is 4.79 Å². The van der Waals surface area contributed by atoms with E-state index in [0.717, 1.165) is 27.4 Å². The molecule has 5 nitrogen and oxygen atoms in total. The first-order valence-corrected chi connectivity index (χ1v) is 10.1. The number of aromatic nitrogens is 3.